The number of thiazole rings is 1. The van der Waals surface area contributed by atoms with Crippen LogP contribution >= 0.6 is 11.3 Å². The molecule has 5 nitrogen and oxygen atoms in total. The van der Waals surface area contributed by atoms with Crippen LogP contribution in [0.5, 0.6) is 0 Å². The van der Waals surface area contributed by atoms with Crippen molar-refractivity contribution in [2.45, 2.75) is 32.2 Å². The number of aromatic nitrogens is 3. The Morgan fingerprint density at radius 2 is 2.19 bits per heavy atom. The van der Waals surface area contributed by atoms with Crippen molar-refractivity contribution >= 4 is 27.9 Å². The van der Waals surface area contributed by atoms with Gasteiger partial charge >= 0.3 is 0 Å². The van der Waals surface area contributed by atoms with Crippen LogP contribution in [0.1, 0.15) is 29.8 Å². The Hall–Kier alpha value is -2.02. The number of ether oxygens (including phenoxy) is 1. The lowest BCUT2D eigenvalue weighted by Gasteiger charge is -2.36. The van der Waals surface area contributed by atoms with Crippen molar-refractivity contribution in [2.24, 2.45) is 0 Å². The molecule has 0 radical (unpaired) electrons. The number of nitrogens with zero attached hydrogens (tertiary/aromatic N) is 3. The third kappa shape index (κ3) is 3.33. The van der Waals surface area contributed by atoms with Gasteiger partial charge in [0.25, 0.3) is 0 Å². The van der Waals surface area contributed by atoms with Gasteiger partial charge in [-0.25, -0.2) is 9.97 Å². The lowest BCUT2D eigenvalue weighted by atomic mass is 9.90. The summed E-state index contributed by atoms with van der Waals surface area (Å²) in [6.07, 6.45) is 9.92. The highest BCUT2D eigenvalue weighted by Crippen LogP contribution is 2.33. The van der Waals surface area contributed by atoms with E-state index in [4.69, 9.17) is 4.74 Å². The molecule has 1 unspecified atom stereocenters. The maximum Gasteiger partial charge on any atom is 0.137 e. The molecule has 0 bridgehead atoms. The molecule has 0 saturated carbocycles. The van der Waals surface area contributed by atoms with Crippen LogP contribution in [-0.2, 0) is 4.74 Å². The van der Waals surface area contributed by atoms with Gasteiger partial charge in [0.2, 0.25) is 0 Å². The summed E-state index contributed by atoms with van der Waals surface area (Å²) in [5.41, 5.74) is 5.78. The molecule has 3 aromatic heterocycles. The molecule has 0 amide bonds. The van der Waals surface area contributed by atoms with E-state index in [0.29, 0.717) is 6.04 Å². The summed E-state index contributed by atoms with van der Waals surface area (Å²) in [5.74, 6) is 0. The molecule has 3 aromatic rings. The number of H-pyrrole nitrogens is 1. The fraction of sp³-hybridized carbons (Fsp3) is 0.429. The first-order chi connectivity index (χ1) is 13.3. The summed E-state index contributed by atoms with van der Waals surface area (Å²) in [6.45, 7) is 5.94. The van der Waals surface area contributed by atoms with Crippen molar-refractivity contribution in [3.8, 4) is 11.3 Å². The molecule has 1 N–H and O–H groups in total. The van der Waals surface area contributed by atoms with E-state index in [1.807, 2.05) is 19.3 Å². The Kier molecular flexibility index (Phi) is 4.55. The summed E-state index contributed by atoms with van der Waals surface area (Å²) in [7, 11) is 0. The van der Waals surface area contributed by atoms with E-state index in [0.717, 1.165) is 66.4 Å². The number of allylic oxidation sites excluding steroid dienone is 1. The molecule has 0 aromatic carbocycles. The van der Waals surface area contributed by atoms with Crippen LogP contribution in [-0.4, -0.2) is 52.2 Å². The molecule has 1 atom stereocenters. The fourth-order valence-corrected chi connectivity index (χ4v) is 4.85. The minimum absolute atomic E-state index is 0.662. The molecule has 27 heavy (non-hydrogen) atoms. The van der Waals surface area contributed by atoms with Crippen LogP contribution in [0.15, 0.2) is 29.9 Å². The van der Waals surface area contributed by atoms with Crippen LogP contribution < -0.4 is 0 Å². The third-order valence-electron chi connectivity index (χ3n) is 5.74. The van der Waals surface area contributed by atoms with Crippen molar-refractivity contribution in [1.82, 2.24) is 19.9 Å². The van der Waals surface area contributed by atoms with Crippen molar-refractivity contribution in [1.29, 1.82) is 0 Å². The molecule has 4 heterocycles. The predicted octanol–water partition coefficient (Wildman–Crippen LogP) is 4.26. The van der Waals surface area contributed by atoms with Crippen LogP contribution in [0.4, 0.5) is 0 Å². The minimum atomic E-state index is 0.662. The lowest BCUT2D eigenvalue weighted by Crippen LogP contribution is -2.43. The lowest BCUT2D eigenvalue weighted by molar-refractivity contribution is 0.0150. The quantitative estimate of drug-likeness (QED) is 0.737. The van der Waals surface area contributed by atoms with Gasteiger partial charge < -0.3 is 9.72 Å². The van der Waals surface area contributed by atoms with Crippen LogP contribution in [0.25, 0.3) is 27.9 Å². The molecule has 1 aliphatic heterocycles. The maximum atomic E-state index is 5.49. The Bertz CT molecular complexity index is 983. The zero-order valence-corrected chi connectivity index (χ0v) is 16.4. The highest BCUT2D eigenvalue weighted by Gasteiger charge is 2.23. The largest absolute Gasteiger partial charge is 0.379 e. The number of fused-ring (bicyclic) bond motifs is 1. The van der Waals surface area contributed by atoms with E-state index in [2.05, 4.69) is 37.4 Å². The van der Waals surface area contributed by atoms with Gasteiger partial charge in [-0.05, 0) is 43.4 Å². The van der Waals surface area contributed by atoms with E-state index in [9.17, 15) is 0 Å². The fourth-order valence-electron chi connectivity index (χ4n) is 4.23. The minimum Gasteiger partial charge on any atom is -0.379 e. The molecule has 5 rings (SSSR count). The second-order valence-corrected chi connectivity index (χ2v) is 8.44. The summed E-state index contributed by atoms with van der Waals surface area (Å²) in [4.78, 5) is 15.2. The molecule has 2 aliphatic rings. The van der Waals surface area contributed by atoms with Gasteiger partial charge in [0.05, 0.1) is 23.9 Å². The van der Waals surface area contributed by atoms with Crippen molar-refractivity contribution in [3.05, 3.63) is 40.5 Å². The van der Waals surface area contributed by atoms with Crippen LogP contribution in [0, 0.1) is 6.92 Å². The van der Waals surface area contributed by atoms with Gasteiger partial charge in [0.15, 0.2) is 0 Å². The highest BCUT2D eigenvalue weighted by atomic mass is 32.1. The molecular weight excluding hydrogens is 356 g/mol. The van der Waals surface area contributed by atoms with Crippen LogP contribution in [0.2, 0.25) is 0 Å². The normalized spacial score (nSPS) is 21.5. The molecular formula is C21H24N4OS. The Labute approximate surface area is 163 Å². The summed E-state index contributed by atoms with van der Waals surface area (Å²) in [5, 5.41) is 4.37. The second-order valence-electron chi connectivity index (χ2n) is 7.38. The average molecular weight is 381 g/mol. The number of hydrogen-bond acceptors (Lipinski definition) is 5. The van der Waals surface area contributed by atoms with E-state index in [1.54, 1.807) is 11.3 Å². The number of aryl methyl sites for hydroxylation is 1. The summed E-state index contributed by atoms with van der Waals surface area (Å²) in [6, 6.07) is 2.94. The first kappa shape index (κ1) is 17.1. The van der Waals surface area contributed by atoms with E-state index < -0.39 is 0 Å². The first-order valence-electron chi connectivity index (χ1n) is 9.69. The van der Waals surface area contributed by atoms with Crippen molar-refractivity contribution in [3.63, 3.8) is 0 Å². The number of hydrogen-bond donors (Lipinski definition) is 1. The number of morpholine rings is 1. The van der Waals surface area contributed by atoms with Gasteiger partial charge in [-0.15, -0.1) is 11.3 Å². The van der Waals surface area contributed by atoms with Gasteiger partial charge in [-0.1, -0.05) is 6.08 Å². The van der Waals surface area contributed by atoms with E-state index in [1.165, 1.54) is 17.6 Å². The van der Waals surface area contributed by atoms with Crippen molar-refractivity contribution in [2.75, 3.05) is 26.3 Å². The summed E-state index contributed by atoms with van der Waals surface area (Å²) >= 11 is 1.69. The summed E-state index contributed by atoms with van der Waals surface area (Å²) < 4.78 is 5.49. The first-order valence-corrected chi connectivity index (χ1v) is 10.6. The molecule has 0 spiro atoms. The van der Waals surface area contributed by atoms with Gasteiger partial charge in [0.1, 0.15) is 5.65 Å². The number of pyridine rings is 1. The smallest absolute Gasteiger partial charge is 0.137 e. The number of aromatic amines is 1. The molecule has 6 heteroatoms. The third-order valence-corrected chi connectivity index (χ3v) is 6.52. The highest BCUT2D eigenvalue weighted by molar-refractivity contribution is 7.09. The Balaban J connectivity index is 1.41. The van der Waals surface area contributed by atoms with E-state index in [-0.39, 0.29) is 0 Å². The molecule has 1 saturated heterocycles. The average Bonchev–Trinajstić information content (AvgIpc) is 3.34. The van der Waals surface area contributed by atoms with Gasteiger partial charge in [0, 0.05) is 47.9 Å². The van der Waals surface area contributed by atoms with E-state index >= 15 is 0 Å². The van der Waals surface area contributed by atoms with Crippen molar-refractivity contribution < 1.29 is 4.74 Å². The Morgan fingerprint density at radius 3 is 2.93 bits per heavy atom. The predicted molar refractivity (Wildman–Crippen MR) is 110 cm³/mol. The zero-order chi connectivity index (χ0) is 18.2. The van der Waals surface area contributed by atoms with Gasteiger partial charge in [-0.2, -0.15) is 0 Å². The monoisotopic (exact) mass is 380 g/mol. The maximum absolute atomic E-state index is 5.49. The standard InChI is InChI=1S/C21H24N4OS/c1-14-24-20(13-27-14)19-12-23-21-18(19)10-16(11-22-21)15-2-4-17(5-3-15)25-6-8-26-9-7-25/h2,10-13,17H,3-9H2,1H3,(H,22,23). The van der Waals surface area contributed by atoms with Gasteiger partial charge in [-0.3, -0.25) is 4.90 Å². The molecule has 1 fully saturated rings. The Morgan fingerprint density at radius 1 is 1.30 bits per heavy atom. The number of rotatable bonds is 3. The SMILES string of the molecule is Cc1nc(-c2c[nH]c3ncc(C4=CCC(N5CCOCC5)CC4)cc23)cs1. The number of nitrogens with one attached hydrogen (secondary N) is 1. The zero-order valence-electron chi connectivity index (χ0n) is 15.6. The molecule has 140 valence electrons. The topological polar surface area (TPSA) is 54.0 Å². The van der Waals surface area contributed by atoms with Crippen LogP contribution in [0.3, 0.4) is 0 Å². The second kappa shape index (κ2) is 7.19. The molecule has 1 aliphatic carbocycles.